The molecule has 5 aliphatic rings. The lowest BCUT2D eigenvalue weighted by Crippen LogP contribution is -2.64. The Labute approximate surface area is 263 Å². The SMILES string of the molecule is COC1C=C(CCC2=C(C)CCC3C2(C)CC[C@H](O[C@@H]2O[C@H](CO)[C@@H](O)[C@H](O)[C@H]2O[C@@H]2OC[C@@H](O)[C@H](O)[C@H]2O)C3(C)C)C(=O)O1. The van der Waals surface area contributed by atoms with Crippen LogP contribution >= 0.6 is 0 Å². The Bertz CT molecular complexity index is 1140. The molecule has 3 fully saturated rings. The fourth-order valence-corrected chi connectivity index (χ4v) is 8.35. The van der Waals surface area contributed by atoms with Crippen LogP contribution in [0.3, 0.4) is 0 Å². The second-order valence-corrected chi connectivity index (χ2v) is 14.0. The lowest BCUT2D eigenvalue weighted by molar-refractivity contribution is -0.368. The highest BCUT2D eigenvalue weighted by Gasteiger charge is 2.57. The van der Waals surface area contributed by atoms with E-state index in [-0.39, 0.29) is 30.0 Å². The quantitative estimate of drug-likeness (QED) is 0.150. The van der Waals surface area contributed by atoms with Crippen LogP contribution < -0.4 is 0 Å². The molecule has 13 atom stereocenters. The van der Waals surface area contributed by atoms with Crippen molar-refractivity contribution < 1.29 is 63.9 Å². The minimum absolute atomic E-state index is 0.154. The number of allylic oxidation sites excluding steroid dienone is 2. The van der Waals surface area contributed by atoms with Gasteiger partial charge in [0.15, 0.2) is 12.6 Å². The highest BCUT2D eigenvalue weighted by atomic mass is 16.8. The van der Waals surface area contributed by atoms with E-state index in [9.17, 15) is 35.4 Å². The number of aliphatic hydroxyl groups is 6. The van der Waals surface area contributed by atoms with Crippen LogP contribution in [0.5, 0.6) is 0 Å². The van der Waals surface area contributed by atoms with Gasteiger partial charge in [0, 0.05) is 12.7 Å². The van der Waals surface area contributed by atoms with Gasteiger partial charge in [0.2, 0.25) is 6.29 Å². The van der Waals surface area contributed by atoms with Crippen molar-refractivity contribution in [1.29, 1.82) is 0 Å². The van der Waals surface area contributed by atoms with E-state index in [0.717, 1.165) is 25.7 Å². The van der Waals surface area contributed by atoms with Gasteiger partial charge in [0.1, 0.15) is 42.7 Å². The Morgan fingerprint density at radius 3 is 2.36 bits per heavy atom. The zero-order valence-corrected chi connectivity index (χ0v) is 26.7. The van der Waals surface area contributed by atoms with Crippen molar-refractivity contribution in [2.75, 3.05) is 20.3 Å². The molecule has 5 rings (SSSR count). The zero-order chi connectivity index (χ0) is 32.8. The summed E-state index contributed by atoms with van der Waals surface area (Å²) in [5.74, 6) is -0.143. The average molecular weight is 643 g/mol. The topological polar surface area (TPSA) is 194 Å². The van der Waals surface area contributed by atoms with Crippen LogP contribution in [0.4, 0.5) is 0 Å². The van der Waals surface area contributed by atoms with Gasteiger partial charge in [0.25, 0.3) is 0 Å². The van der Waals surface area contributed by atoms with Crippen LogP contribution in [0.1, 0.15) is 66.2 Å². The fraction of sp³-hybridized carbons (Fsp3) is 0.844. The maximum Gasteiger partial charge on any atom is 0.336 e. The number of methoxy groups -OCH3 is 1. The van der Waals surface area contributed by atoms with Gasteiger partial charge in [-0.3, -0.25) is 0 Å². The highest BCUT2D eigenvalue weighted by molar-refractivity contribution is 5.90. The molecule has 2 saturated heterocycles. The minimum Gasteiger partial charge on any atom is -0.429 e. The maximum atomic E-state index is 12.4. The van der Waals surface area contributed by atoms with Crippen molar-refractivity contribution in [3.8, 4) is 0 Å². The molecular weight excluding hydrogens is 592 g/mol. The summed E-state index contributed by atoms with van der Waals surface area (Å²) in [7, 11) is 1.50. The maximum absolute atomic E-state index is 12.4. The summed E-state index contributed by atoms with van der Waals surface area (Å²) < 4.78 is 34.2. The second-order valence-electron chi connectivity index (χ2n) is 14.0. The monoisotopic (exact) mass is 642 g/mol. The van der Waals surface area contributed by atoms with E-state index in [2.05, 4.69) is 27.7 Å². The van der Waals surface area contributed by atoms with Crippen molar-refractivity contribution in [3.05, 3.63) is 22.8 Å². The van der Waals surface area contributed by atoms with Gasteiger partial charge in [-0.2, -0.15) is 0 Å². The van der Waals surface area contributed by atoms with E-state index in [1.54, 1.807) is 6.08 Å². The molecule has 0 aromatic carbocycles. The predicted octanol–water partition coefficient (Wildman–Crippen LogP) is 0.424. The van der Waals surface area contributed by atoms with Gasteiger partial charge in [-0.05, 0) is 68.3 Å². The Kier molecular flexibility index (Phi) is 10.5. The number of hydrogen-bond acceptors (Lipinski definition) is 13. The molecule has 1 saturated carbocycles. The number of ether oxygens (including phenoxy) is 6. The van der Waals surface area contributed by atoms with Crippen LogP contribution in [0.2, 0.25) is 0 Å². The Morgan fingerprint density at radius 2 is 1.69 bits per heavy atom. The van der Waals surface area contributed by atoms with Crippen LogP contribution in [0.15, 0.2) is 22.8 Å². The number of rotatable bonds is 9. The van der Waals surface area contributed by atoms with Gasteiger partial charge in [-0.15, -0.1) is 0 Å². The van der Waals surface area contributed by atoms with Gasteiger partial charge < -0.3 is 59.1 Å². The fourth-order valence-electron chi connectivity index (χ4n) is 8.35. The summed E-state index contributed by atoms with van der Waals surface area (Å²) in [5, 5.41) is 62.0. The first-order valence-electron chi connectivity index (χ1n) is 16.0. The molecule has 0 spiro atoms. The second kappa shape index (κ2) is 13.6. The third kappa shape index (κ3) is 6.51. The largest absolute Gasteiger partial charge is 0.429 e. The van der Waals surface area contributed by atoms with Crippen molar-refractivity contribution in [3.63, 3.8) is 0 Å². The predicted molar refractivity (Wildman–Crippen MR) is 156 cm³/mol. The summed E-state index contributed by atoms with van der Waals surface area (Å²) in [5.41, 5.74) is 2.76. The van der Waals surface area contributed by atoms with Crippen LogP contribution in [0, 0.1) is 16.7 Å². The number of carbonyl (C=O) groups excluding carboxylic acids is 1. The molecule has 0 aromatic heterocycles. The number of fused-ring (bicyclic) bond motifs is 1. The standard InChI is InChI=1S/C32H50O13/c1-15-6-9-20-31(2,3)21(10-11-32(20,4)17(15)8-7-16-12-22(40-5)44-28(16)39)43-30-27(25(37)24(36)19(13-33)42-30)45-29-26(38)23(35)18(34)14-41-29/h12,18-27,29-30,33-38H,6-11,13-14H2,1-5H3/t18-,19-,20?,21+,22?,23+,24-,25+,26-,27-,29+,30+,32?/m1/s1. The van der Waals surface area contributed by atoms with Crippen molar-refractivity contribution >= 4 is 5.97 Å². The molecule has 0 amide bonds. The van der Waals surface area contributed by atoms with Crippen molar-refractivity contribution in [1.82, 2.24) is 0 Å². The average Bonchev–Trinajstić information content (AvgIpc) is 3.36. The Morgan fingerprint density at radius 1 is 0.956 bits per heavy atom. The first-order chi connectivity index (χ1) is 21.2. The Hall–Kier alpha value is -1.49. The molecular formula is C32H50O13. The molecule has 45 heavy (non-hydrogen) atoms. The van der Waals surface area contributed by atoms with Gasteiger partial charge >= 0.3 is 5.97 Å². The van der Waals surface area contributed by atoms with Crippen LogP contribution in [-0.2, 0) is 33.2 Å². The molecule has 3 aliphatic heterocycles. The van der Waals surface area contributed by atoms with E-state index in [4.69, 9.17) is 28.4 Å². The minimum atomic E-state index is -1.63. The van der Waals surface area contributed by atoms with Gasteiger partial charge in [-0.1, -0.05) is 31.9 Å². The molecule has 3 unspecified atom stereocenters. The smallest absolute Gasteiger partial charge is 0.336 e. The van der Waals surface area contributed by atoms with E-state index in [1.165, 1.54) is 18.3 Å². The van der Waals surface area contributed by atoms with E-state index < -0.39 is 73.6 Å². The first kappa shape index (κ1) is 34.8. The number of cyclic esters (lactones) is 1. The summed E-state index contributed by atoms with van der Waals surface area (Å²) >= 11 is 0. The molecule has 0 radical (unpaired) electrons. The molecule has 13 heteroatoms. The van der Waals surface area contributed by atoms with Crippen molar-refractivity contribution in [2.24, 2.45) is 16.7 Å². The zero-order valence-electron chi connectivity index (χ0n) is 26.7. The van der Waals surface area contributed by atoms with E-state index >= 15 is 0 Å². The van der Waals surface area contributed by atoms with Gasteiger partial charge in [-0.25, -0.2) is 4.79 Å². The third-order valence-corrected chi connectivity index (χ3v) is 11.0. The summed E-state index contributed by atoms with van der Waals surface area (Å²) in [6.45, 7) is 7.88. The molecule has 0 aromatic rings. The van der Waals surface area contributed by atoms with Crippen molar-refractivity contribution in [2.45, 2.75) is 134 Å². The van der Waals surface area contributed by atoms with E-state index in [1.807, 2.05) is 0 Å². The normalized spacial score (nSPS) is 45.2. The number of hydrogen-bond donors (Lipinski definition) is 6. The summed E-state index contributed by atoms with van der Waals surface area (Å²) in [6, 6.07) is 0. The summed E-state index contributed by atoms with van der Waals surface area (Å²) in [4.78, 5) is 12.4. The number of carbonyl (C=O) groups is 1. The molecule has 13 nitrogen and oxygen atoms in total. The lowest BCUT2D eigenvalue weighted by atomic mass is 9.49. The van der Waals surface area contributed by atoms with Gasteiger partial charge in [0.05, 0.1) is 19.3 Å². The first-order valence-corrected chi connectivity index (χ1v) is 16.0. The molecule has 2 aliphatic carbocycles. The molecule has 0 bridgehead atoms. The van der Waals surface area contributed by atoms with Crippen LogP contribution in [0.25, 0.3) is 0 Å². The summed E-state index contributed by atoms with van der Waals surface area (Å²) in [6.07, 6.45) is -7.44. The van der Waals surface area contributed by atoms with E-state index in [0.29, 0.717) is 18.4 Å². The third-order valence-electron chi connectivity index (χ3n) is 11.0. The molecule has 256 valence electrons. The Balaban J connectivity index is 1.33. The molecule has 6 N–H and O–H groups in total. The lowest BCUT2D eigenvalue weighted by Gasteiger charge is -2.58. The molecule has 3 heterocycles. The number of esters is 1. The number of aliphatic hydroxyl groups excluding tert-OH is 6. The highest BCUT2D eigenvalue weighted by Crippen LogP contribution is 2.61. The van der Waals surface area contributed by atoms with Crippen LogP contribution in [-0.4, -0.2) is 125 Å².